The number of nitrogens with zero attached hydrogens (tertiary/aromatic N) is 1. The topological polar surface area (TPSA) is 68.0 Å². The maximum Gasteiger partial charge on any atom is 0.251 e. The van der Waals surface area contributed by atoms with Gasteiger partial charge in [-0.15, -0.1) is 0 Å². The summed E-state index contributed by atoms with van der Waals surface area (Å²) in [6.45, 7) is 0.341. The molecular formula is C17H19N3O. The second-order valence-electron chi connectivity index (χ2n) is 5.36. The van der Waals surface area contributed by atoms with Gasteiger partial charge in [0.1, 0.15) is 0 Å². The summed E-state index contributed by atoms with van der Waals surface area (Å²) in [7, 11) is 0. The van der Waals surface area contributed by atoms with Crippen LogP contribution in [0.5, 0.6) is 0 Å². The van der Waals surface area contributed by atoms with Crippen LogP contribution in [0.1, 0.15) is 46.1 Å². The average Bonchev–Trinajstić information content (AvgIpc) is 2.55. The van der Waals surface area contributed by atoms with E-state index < -0.39 is 0 Å². The lowest BCUT2D eigenvalue weighted by Gasteiger charge is -2.26. The van der Waals surface area contributed by atoms with Crippen molar-refractivity contribution in [1.29, 1.82) is 0 Å². The second-order valence-corrected chi connectivity index (χ2v) is 5.36. The smallest absolute Gasteiger partial charge is 0.251 e. The minimum atomic E-state index is -0.0613. The van der Waals surface area contributed by atoms with Gasteiger partial charge in [0, 0.05) is 18.3 Å². The van der Waals surface area contributed by atoms with E-state index in [1.807, 2.05) is 6.07 Å². The molecular weight excluding hydrogens is 262 g/mol. The maximum atomic E-state index is 12.4. The highest BCUT2D eigenvalue weighted by atomic mass is 16.1. The molecule has 1 atom stereocenters. The lowest BCUT2D eigenvalue weighted by atomic mass is 9.87. The fourth-order valence-corrected chi connectivity index (χ4v) is 2.88. The predicted molar refractivity (Wildman–Crippen MR) is 81.7 cm³/mol. The summed E-state index contributed by atoms with van der Waals surface area (Å²) in [5.74, 6) is -0.0613. The number of fused-ring (bicyclic) bond motifs is 1. The zero-order chi connectivity index (χ0) is 14.7. The van der Waals surface area contributed by atoms with Crippen molar-refractivity contribution in [2.75, 3.05) is 0 Å². The molecule has 3 N–H and O–H groups in total. The molecule has 4 nitrogen and oxygen atoms in total. The van der Waals surface area contributed by atoms with Crippen LogP contribution in [0.25, 0.3) is 0 Å². The van der Waals surface area contributed by atoms with Crippen LogP contribution in [-0.4, -0.2) is 10.9 Å². The van der Waals surface area contributed by atoms with E-state index in [0.29, 0.717) is 12.1 Å². The van der Waals surface area contributed by atoms with Crippen LogP contribution in [0.4, 0.5) is 0 Å². The van der Waals surface area contributed by atoms with Crippen LogP contribution in [0, 0.1) is 0 Å². The monoisotopic (exact) mass is 281 g/mol. The standard InChI is InChI=1S/C17H19N3O/c18-11-14-10-13(8-9-19-14)17(21)20-16-7-3-5-12-4-1-2-6-15(12)16/h1-2,4,6,8-10,16H,3,5,7,11,18H2,(H,20,21). The molecule has 1 aliphatic rings. The van der Waals surface area contributed by atoms with Crippen molar-refractivity contribution in [3.63, 3.8) is 0 Å². The number of nitrogens with two attached hydrogens (primary N) is 1. The molecule has 0 saturated heterocycles. The number of aryl methyl sites for hydroxylation is 1. The number of carbonyl (C=O) groups is 1. The van der Waals surface area contributed by atoms with Crippen molar-refractivity contribution < 1.29 is 4.79 Å². The largest absolute Gasteiger partial charge is 0.345 e. The number of aromatic nitrogens is 1. The molecule has 0 saturated carbocycles. The Kier molecular flexibility index (Phi) is 3.97. The Balaban J connectivity index is 1.79. The van der Waals surface area contributed by atoms with Crippen LogP contribution in [0.15, 0.2) is 42.6 Å². The predicted octanol–water partition coefficient (Wildman–Crippen LogP) is 2.35. The van der Waals surface area contributed by atoms with Gasteiger partial charge in [-0.05, 0) is 42.5 Å². The van der Waals surface area contributed by atoms with Gasteiger partial charge in [-0.2, -0.15) is 0 Å². The number of hydrogen-bond acceptors (Lipinski definition) is 3. The SMILES string of the molecule is NCc1cc(C(=O)NC2CCCc3ccccc32)ccn1. The van der Waals surface area contributed by atoms with Crippen LogP contribution < -0.4 is 11.1 Å². The Labute approximate surface area is 124 Å². The number of nitrogens with one attached hydrogen (secondary N) is 1. The highest BCUT2D eigenvalue weighted by Crippen LogP contribution is 2.29. The van der Waals surface area contributed by atoms with Crippen LogP contribution in [-0.2, 0) is 13.0 Å². The number of hydrogen-bond donors (Lipinski definition) is 2. The van der Waals surface area contributed by atoms with Gasteiger partial charge in [0.25, 0.3) is 5.91 Å². The molecule has 0 radical (unpaired) electrons. The molecule has 1 aromatic heterocycles. The van der Waals surface area contributed by atoms with Crippen LogP contribution in [0.2, 0.25) is 0 Å². The van der Waals surface area contributed by atoms with Crippen molar-refractivity contribution in [2.24, 2.45) is 5.73 Å². The van der Waals surface area contributed by atoms with Crippen molar-refractivity contribution in [3.8, 4) is 0 Å². The molecule has 0 fully saturated rings. The van der Waals surface area contributed by atoms with Gasteiger partial charge in [0.15, 0.2) is 0 Å². The van der Waals surface area contributed by atoms with Crippen LogP contribution in [0.3, 0.4) is 0 Å². The highest BCUT2D eigenvalue weighted by molar-refractivity contribution is 5.94. The molecule has 108 valence electrons. The summed E-state index contributed by atoms with van der Waals surface area (Å²) in [5.41, 5.74) is 9.50. The summed E-state index contributed by atoms with van der Waals surface area (Å²) in [6, 6.07) is 11.9. The normalized spacial score (nSPS) is 17.1. The van der Waals surface area contributed by atoms with Gasteiger partial charge < -0.3 is 11.1 Å². The van der Waals surface area contributed by atoms with E-state index in [0.717, 1.165) is 25.0 Å². The van der Waals surface area contributed by atoms with Gasteiger partial charge >= 0.3 is 0 Å². The summed E-state index contributed by atoms with van der Waals surface area (Å²) in [5, 5.41) is 3.14. The lowest BCUT2D eigenvalue weighted by molar-refractivity contribution is 0.0932. The van der Waals surface area contributed by atoms with Gasteiger partial charge in [-0.3, -0.25) is 9.78 Å². The zero-order valence-electron chi connectivity index (χ0n) is 11.9. The Hall–Kier alpha value is -2.20. The molecule has 21 heavy (non-hydrogen) atoms. The van der Waals surface area contributed by atoms with Crippen molar-refractivity contribution >= 4 is 5.91 Å². The van der Waals surface area contributed by atoms with Gasteiger partial charge in [-0.25, -0.2) is 0 Å². The highest BCUT2D eigenvalue weighted by Gasteiger charge is 2.21. The van der Waals surface area contributed by atoms with E-state index in [4.69, 9.17) is 5.73 Å². The van der Waals surface area contributed by atoms with Crippen LogP contribution >= 0.6 is 0 Å². The quantitative estimate of drug-likeness (QED) is 0.907. The molecule has 4 heteroatoms. The first-order valence-electron chi connectivity index (χ1n) is 7.31. The minimum Gasteiger partial charge on any atom is -0.345 e. The number of amides is 1. The fourth-order valence-electron chi connectivity index (χ4n) is 2.88. The molecule has 0 aliphatic heterocycles. The Morgan fingerprint density at radius 2 is 2.19 bits per heavy atom. The van der Waals surface area contributed by atoms with E-state index in [1.54, 1.807) is 18.3 Å². The first kappa shape index (κ1) is 13.8. The molecule has 2 aromatic rings. The second kappa shape index (κ2) is 6.06. The van der Waals surface area contributed by atoms with E-state index in [-0.39, 0.29) is 11.9 Å². The molecule has 1 aromatic carbocycles. The third kappa shape index (κ3) is 2.95. The Morgan fingerprint density at radius 3 is 3.05 bits per heavy atom. The Morgan fingerprint density at radius 1 is 1.33 bits per heavy atom. The minimum absolute atomic E-state index is 0.0613. The van der Waals surface area contributed by atoms with Crippen molar-refractivity contribution in [2.45, 2.75) is 31.8 Å². The van der Waals surface area contributed by atoms with Gasteiger partial charge in [0.2, 0.25) is 0 Å². The fraction of sp³-hybridized carbons (Fsp3) is 0.294. The van der Waals surface area contributed by atoms with Crippen molar-refractivity contribution in [3.05, 3.63) is 65.0 Å². The zero-order valence-corrected chi connectivity index (χ0v) is 11.9. The average molecular weight is 281 g/mol. The molecule has 0 bridgehead atoms. The number of carbonyl (C=O) groups excluding carboxylic acids is 1. The van der Waals surface area contributed by atoms with Gasteiger partial charge in [0.05, 0.1) is 11.7 Å². The van der Waals surface area contributed by atoms with E-state index in [2.05, 4.69) is 28.5 Å². The summed E-state index contributed by atoms with van der Waals surface area (Å²) < 4.78 is 0. The lowest BCUT2D eigenvalue weighted by Crippen LogP contribution is -2.31. The molecule has 0 spiro atoms. The third-order valence-electron chi connectivity index (χ3n) is 3.96. The van der Waals surface area contributed by atoms with E-state index >= 15 is 0 Å². The Bertz CT molecular complexity index is 654. The number of rotatable bonds is 3. The summed E-state index contributed by atoms with van der Waals surface area (Å²) >= 11 is 0. The number of benzene rings is 1. The third-order valence-corrected chi connectivity index (χ3v) is 3.96. The molecule has 1 unspecified atom stereocenters. The molecule has 1 amide bonds. The van der Waals surface area contributed by atoms with E-state index in [9.17, 15) is 4.79 Å². The molecule has 3 rings (SSSR count). The van der Waals surface area contributed by atoms with Crippen molar-refractivity contribution in [1.82, 2.24) is 10.3 Å². The van der Waals surface area contributed by atoms with E-state index in [1.165, 1.54) is 11.1 Å². The number of pyridine rings is 1. The first-order chi connectivity index (χ1) is 10.3. The molecule has 1 aliphatic carbocycles. The molecule has 1 heterocycles. The summed E-state index contributed by atoms with van der Waals surface area (Å²) in [6.07, 6.45) is 4.81. The first-order valence-corrected chi connectivity index (χ1v) is 7.31. The summed E-state index contributed by atoms with van der Waals surface area (Å²) in [4.78, 5) is 16.5. The van der Waals surface area contributed by atoms with Gasteiger partial charge in [-0.1, -0.05) is 24.3 Å². The maximum absolute atomic E-state index is 12.4.